The number of nitrogens with zero attached hydrogens (tertiary/aromatic N) is 3. The van der Waals surface area contributed by atoms with Gasteiger partial charge in [0.2, 0.25) is 5.13 Å². The van der Waals surface area contributed by atoms with Gasteiger partial charge in [0.1, 0.15) is 11.5 Å². The zero-order chi connectivity index (χ0) is 16.4. The van der Waals surface area contributed by atoms with Gasteiger partial charge in [-0.15, -0.1) is 10.2 Å². The van der Waals surface area contributed by atoms with Gasteiger partial charge >= 0.3 is 6.03 Å². The van der Waals surface area contributed by atoms with E-state index < -0.39 is 11.4 Å². The fraction of sp³-hybridized carbons (Fsp3) is 0.500. The third-order valence-electron chi connectivity index (χ3n) is 3.69. The number of carbonyl (C=O) groups excluding carboxylic acids is 1. The Balaban J connectivity index is 1.73. The number of furan rings is 1. The standard InChI is InChI=1S/C14H16F2N4O2S/c1-8-5-6-10(22-8)9-4-2-3-7-20(9)14(21)17-13-19-18-12(23-13)11(15)16/h5-6,9,11H,2-4,7H2,1H3,(H,17,19,21)/t9-/m1/s1. The third-order valence-corrected chi connectivity index (χ3v) is 4.54. The van der Waals surface area contributed by atoms with E-state index in [9.17, 15) is 13.6 Å². The Bertz CT molecular complexity index is 688. The summed E-state index contributed by atoms with van der Waals surface area (Å²) in [7, 11) is 0. The first-order valence-electron chi connectivity index (χ1n) is 7.30. The Hall–Kier alpha value is -2.03. The Morgan fingerprint density at radius 3 is 2.91 bits per heavy atom. The van der Waals surface area contributed by atoms with E-state index in [1.807, 2.05) is 19.1 Å². The minimum Gasteiger partial charge on any atom is -0.464 e. The SMILES string of the molecule is Cc1ccc([C@H]2CCCCN2C(=O)Nc2nnc(C(F)F)s2)o1. The fourth-order valence-electron chi connectivity index (χ4n) is 2.64. The van der Waals surface area contributed by atoms with Crippen molar-refractivity contribution < 1.29 is 18.0 Å². The van der Waals surface area contributed by atoms with E-state index in [-0.39, 0.29) is 17.2 Å². The number of urea groups is 1. The highest BCUT2D eigenvalue weighted by molar-refractivity contribution is 7.15. The zero-order valence-electron chi connectivity index (χ0n) is 12.5. The second-order valence-corrected chi connectivity index (χ2v) is 6.34. The van der Waals surface area contributed by atoms with E-state index in [0.29, 0.717) is 17.9 Å². The lowest BCUT2D eigenvalue weighted by Crippen LogP contribution is -2.41. The lowest BCUT2D eigenvalue weighted by molar-refractivity contribution is 0.150. The van der Waals surface area contributed by atoms with Crippen LogP contribution in [0.1, 0.15) is 48.3 Å². The summed E-state index contributed by atoms with van der Waals surface area (Å²) in [6.45, 7) is 2.43. The minimum atomic E-state index is -2.69. The molecule has 124 valence electrons. The quantitative estimate of drug-likeness (QED) is 0.910. The zero-order valence-corrected chi connectivity index (χ0v) is 13.3. The molecule has 1 aliphatic heterocycles. The van der Waals surface area contributed by atoms with Gasteiger partial charge in [0.25, 0.3) is 6.43 Å². The first-order valence-corrected chi connectivity index (χ1v) is 8.12. The van der Waals surface area contributed by atoms with Crippen LogP contribution in [0.4, 0.5) is 18.7 Å². The Morgan fingerprint density at radius 1 is 1.43 bits per heavy atom. The van der Waals surface area contributed by atoms with Crippen LogP contribution < -0.4 is 5.32 Å². The largest absolute Gasteiger partial charge is 0.464 e. The van der Waals surface area contributed by atoms with E-state index >= 15 is 0 Å². The van der Waals surface area contributed by atoms with Gasteiger partial charge in [-0.3, -0.25) is 5.32 Å². The number of anilines is 1. The molecule has 6 nitrogen and oxygen atoms in total. The number of aryl methyl sites for hydroxylation is 1. The smallest absolute Gasteiger partial charge is 0.324 e. The summed E-state index contributed by atoms with van der Waals surface area (Å²) in [6, 6.07) is 3.20. The van der Waals surface area contributed by atoms with Gasteiger partial charge in [-0.05, 0) is 38.3 Å². The first kappa shape index (κ1) is 15.9. The number of aromatic nitrogens is 2. The van der Waals surface area contributed by atoms with Gasteiger partial charge in [-0.25, -0.2) is 13.6 Å². The molecule has 3 heterocycles. The number of carbonyl (C=O) groups is 1. The van der Waals surface area contributed by atoms with E-state index in [1.165, 1.54) is 0 Å². The molecule has 2 aromatic heterocycles. The number of rotatable bonds is 3. The topological polar surface area (TPSA) is 71.3 Å². The van der Waals surface area contributed by atoms with E-state index in [0.717, 1.165) is 30.8 Å². The summed E-state index contributed by atoms with van der Waals surface area (Å²) in [4.78, 5) is 14.1. The van der Waals surface area contributed by atoms with Crippen LogP contribution in [0.25, 0.3) is 0 Å². The van der Waals surface area contributed by atoms with Crippen molar-refractivity contribution in [3.8, 4) is 0 Å². The number of piperidine rings is 1. The first-order chi connectivity index (χ1) is 11.0. The number of alkyl halides is 2. The third kappa shape index (κ3) is 3.49. The Labute approximate surface area is 135 Å². The van der Waals surface area contributed by atoms with Gasteiger partial charge in [0.05, 0.1) is 6.04 Å². The molecule has 0 aromatic carbocycles. The second-order valence-electron chi connectivity index (χ2n) is 5.33. The van der Waals surface area contributed by atoms with Crippen molar-refractivity contribution in [2.24, 2.45) is 0 Å². The molecule has 23 heavy (non-hydrogen) atoms. The van der Waals surface area contributed by atoms with Crippen LogP contribution in [0.5, 0.6) is 0 Å². The maximum atomic E-state index is 12.5. The van der Waals surface area contributed by atoms with Crippen LogP contribution in [0.2, 0.25) is 0 Å². The highest BCUT2D eigenvalue weighted by atomic mass is 32.1. The van der Waals surface area contributed by atoms with Crippen LogP contribution >= 0.6 is 11.3 Å². The number of hydrogen-bond donors (Lipinski definition) is 1. The molecule has 3 rings (SSSR count). The van der Waals surface area contributed by atoms with Crippen molar-refractivity contribution in [2.75, 3.05) is 11.9 Å². The Kier molecular flexibility index (Phi) is 4.56. The molecule has 0 saturated carbocycles. The van der Waals surface area contributed by atoms with Crippen LogP contribution in [0.3, 0.4) is 0 Å². The van der Waals surface area contributed by atoms with Gasteiger partial charge in [-0.1, -0.05) is 11.3 Å². The molecule has 0 bridgehead atoms. The van der Waals surface area contributed by atoms with Crippen molar-refractivity contribution >= 4 is 22.5 Å². The normalized spacial score (nSPS) is 18.4. The van der Waals surface area contributed by atoms with Crippen molar-refractivity contribution in [1.29, 1.82) is 0 Å². The van der Waals surface area contributed by atoms with Gasteiger partial charge in [-0.2, -0.15) is 0 Å². The summed E-state index contributed by atoms with van der Waals surface area (Å²) in [6.07, 6.45) is 0.00976. The lowest BCUT2D eigenvalue weighted by Gasteiger charge is -2.34. The molecule has 2 aromatic rings. The summed E-state index contributed by atoms with van der Waals surface area (Å²) >= 11 is 0.680. The molecule has 1 N–H and O–H groups in total. The van der Waals surface area contributed by atoms with Crippen LogP contribution in [0.15, 0.2) is 16.5 Å². The maximum Gasteiger partial charge on any atom is 0.324 e. The summed E-state index contributed by atoms with van der Waals surface area (Å²) in [5, 5.41) is 9.16. The summed E-state index contributed by atoms with van der Waals surface area (Å²) in [5.74, 6) is 1.53. The van der Waals surface area contributed by atoms with E-state index in [2.05, 4.69) is 15.5 Å². The molecular formula is C14H16F2N4O2S. The van der Waals surface area contributed by atoms with Crippen molar-refractivity contribution in [2.45, 2.75) is 38.7 Å². The highest BCUT2D eigenvalue weighted by Gasteiger charge is 2.30. The van der Waals surface area contributed by atoms with Crippen molar-refractivity contribution in [1.82, 2.24) is 15.1 Å². The molecule has 0 radical (unpaired) electrons. The monoisotopic (exact) mass is 342 g/mol. The van der Waals surface area contributed by atoms with Gasteiger partial charge < -0.3 is 9.32 Å². The number of nitrogens with one attached hydrogen (secondary N) is 1. The minimum absolute atomic E-state index is 0.0743. The molecule has 0 spiro atoms. The second kappa shape index (κ2) is 6.61. The molecule has 2 amide bonds. The van der Waals surface area contributed by atoms with E-state index in [4.69, 9.17) is 4.42 Å². The predicted molar refractivity (Wildman–Crippen MR) is 80.6 cm³/mol. The molecule has 1 saturated heterocycles. The molecular weight excluding hydrogens is 326 g/mol. The molecule has 1 aliphatic rings. The number of likely N-dealkylation sites (tertiary alicyclic amines) is 1. The molecule has 0 aliphatic carbocycles. The number of amides is 2. The van der Waals surface area contributed by atoms with E-state index in [1.54, 1.807) is 4.90 Å². The van der Waals surface area contributed by atoms with Crippen LogP contribution in [0, 0.1) is 6.92 Å². The van der Waals surface area contributed by atoms with Crippen molar-refractivity contribution in [3.05, 3.63) is 28.7 Å². The molecule has 1 atom stereocenters. The lowest BCUT2D eigenvalue weighted by atomic mass is 10.0. The average Bonchev–Trinajstić information content (AvgIpc) is 3.16. The van der Waals surface area contributed by atoms with Crippen molar-refractivity contribution in [3.63, 3.8) is 0 Å². The van der Waals surface area contributed by atoms with Crippen LogP contribution in [-0.2, 0) is 0 Å². The molecule has 1 fully saturated rings. The highest BCUT2D eigenvalue weighted by Crippen LogP contribution is 2.33. The molecule has 9 heteroatoms. The number of halogens is 2. The number of hydrogen-bond acceptors (Lipinski definition) is 5. The van der Waals surface area contributed by atoms with Crippen LogP contribution in [-0.4, -0.2) is 27.7 Å². The van der Waals surface area contributed by atoms with Gasteiger partial charge in [0, 0.05) is 6.54 Å². The summed E-state index contributed by atoms with van der Waals surface area (Å²) in [5.41, 5.74) is 0. The average molecular weight is 342 g/mol. The predicted octanol–water partition coefficient (Wildman–Crippen LogP) is 4.14. The fourth-order valence-corrected chi connectivity index (χ4v) is 3.23. The van der Waals surface area contributed by atoms with Gasteiger partial charge in [0.15, 0.2) is 5.01 Å². The maximum absolute atomic E-state index is 12.5. The Morgan fingerprint density at radius 2 is 2.26 bits per heavy atom. The molecule has 0 unspecified atom stereocenters. The summed E-state index contributed by atoms with van der Waals surface area (Å²) < 4.78 is 30.7.